The number of aliphatic hydroxyl groups excluding tert-OH is 1. The number of aliphatic hydroxyl groups is 1. The molecule has 19 heavy (non-hydrogen) atoms. The molecule has 1 aromatic rings. The number of rotatable bonds is 2. The summed E-state index contributed by atoms with van der Waals surface area (Å²) in [6.07, 6.45) is 0.577. The van der Waals surface area contributed by atoms with Crippen LogP contribution in [0.3, 0.4) is 0 Å². The van der Waals surface area contributed by atoms with E-state index in [4.69, 9.17) is 0 Å². The van der Waals surface area contributed by atoms with Gasteiger partial charge in [-0.15, -0.1) is 0 Å². The summed E-state index contributed by atoms with van der Waals surface area (Å²) >= 11 is 0. The quantitative estimate of drug-likeness (QED) is 0.880. The molecule has 4 unspecified atom stereocenters. The first-order valence-corrected chi connectivity index (χ1v) is 7.14. The molecular formula is C16H24FNO. The summed E-state index contributed by atoms with van der Waals surface area (Å²) in [6.45, 7) is 9.39. The molecule has 1 aromatic carbocycles. The van der Waals surface area contributed by atoms with Gasteiger partial charge in [-0.2, -0.15) is 0 Å². The molecule has 0 aromatic heterocycles. The molecule has 1 aliphatic heterocycles. The van der Waals surface area contributed by atoms with Gasteiger partial charge in [0.1, 0.15) is 5.82 Å². The molecule has 3 heteroatoms. The van der Waals surface area contributed by atoms with Crippen LogP contribution in [0.25, 0.3) is 0 Å². The van der Waals surface area contributed by atoms with E-state index in [9.17, 15) is 9.50 Å². The molecule has 0 amide bonds. The Kier molecular flexibility index (Phi) is 4.14. The van der Waals surface area contributed by atoms with Crippen molar-refractivity contribution < 1.29 is 9.50 Å². The van der Waals surface area contributed by atoms with Crippen LogP contribution in [-0.2, 0) is 0 Å². The van der Waals surface area contributed by atoms with Crippen LogP contribution in [0.1, 0.15) is 45.8 Å². The zero-order valence-corrected chi connectivity index (χ0v) is 12.2. The van der Waals surface area contributed by atoms with Crippen molar-refractivity contribution >= 4 is 5.69 Å². The summed E-state index contributed by atoms with van der Waals surface area (Å²) in [6, 6.07) is 5.16. The minimum Gasteiger partial charge on any atom is -0.389 e. The van der Waals surface area contributed by atoms with Gasteiger partial charge >= 0.3 is 0 Å². The van der Waals surface area contributed by atoms with Crippen LogP contribution < -0.4 is 4.90 Å². The fraction of sp³-hybridized carbons (Fsp3) is 0.625. The van der Waals surface area contributed by atoms with E-state index in [2.05, 4.69) is 25.7 Å². The molecule has 0 saturated carbocycles. The number of benzene rings is 1. The summed E-state index contributed by atoms with van der Waals surface area (Å²) in [4.78, 5) is 2.32. The fourth-order valence-corrected chi connectivity index (χ4v) is 3.15. The maximum Gasteiger partial charge on any atom is 0.123 e. The second-order valence-corrected chi connectivity index (χ2v) is 6.09. The van der Waals surface area contributed by atoms with E-state index in [0.29, 0.717) is 23.4 Å². The van der Waals surface area contributed by atoms with Gasteiger partial charge in [0.25, 0.3) is 0 Å². The van der Waals surface area contributed by atoms with Crippen molar-refractivity contribution in [3.05, 3.63) is 29.6 Å². The Morgan fingerprint density at radius 1 is 1.32 bits per heavy atom. The Balaban J connectivity index is 2.39. The Hall–Kier alpha value is -1.09. The molecule has 106 valence electrons. The molecule has 2 rings (SSSR count). The molecule has 1 saturated heterocycles. The van der Waals surface area contributed by atoms with E-state index in [1.807, 2.05) is 0 Å². The van der Waals surface area contributed by atoms with Crippen molar-refractivity contribution in [3.8, 4) is 0 Å². The van der Waals surface area contributed by atoms with Crippen molar-refractivity contribution in [3.63, 3.8) is 0 Å². The van der Waals surface area contributed by atoms with Gasteiger partial charge in [-0.3, -0.25) is 0 Å². The van der Waals surface area contributed by atoms with Gasteiger partial charge in [-0.05, 0) is 50.3 Å². The minimum absolute atomic E-state index is 0.287. The number of anilines is 1. The SMILES string of the molecule is CC1CC(C)C(C)N(c2ccc(F)cc2C(C)O)C1. The molecule has 4 atom stereocenters. The van der Waals surface area contributed by atoms with Gasteiger partial charge in [-0.1, -0.05) is 13.8 Å². The van der Waals surface area contributed by atoms with Gasteiger partial charge in [0.15, 0.2) is 0 Å². The molecule has 0 spiro atoms. The van der Waals surface area contributed by atoms with Crippen molar-refractivity contribution in [2.45, 2.75) is 46.3 Å². The van der Waals surface area contributed by atoms with Crippen molar-refractivity contribution in [1.82, 2.24) is 0 Å². The summed E-state index contributed by atoms with van der Waals surface area (Å²) in [5.74, 6) is 0.944. The lowest BCUT2D eigenvalue weighted by molar-refractivity contribution is 0.198. The Morgan fingerprint density at radius 2 is 2.00 bits per heavy atom. The predicted octanol–water partition coefficient (Wildman–Crippen LogP) is 3.75. The van der Waals surface area contributed by atoms with Crippen LogP contribution in [0.5, 0.6) is 0 Å². The normalized spacial score (nSPS) is 29.4. The lowest BCUT2D eigenvalue weighted by atomic mass is 9.85. The zero-order chi connectivity index (χ0) is 14.2. The third kappa shape index (κ3) is 2.92. The first-order chi connectivity index (χ1) is 8.90. The third-order valence-electron chi connectivity index (χ3n) is 4.35. The third-order valence-corrected chi connectivity index (χ3v) is 4.35. The van der Waals surface area contributed by atoms with Crippen LogP contribution in [0.2, 0.25) is 0 Å². The van der Waals surface area contributed by atoms with Gasteiger partial charge in [-0.25, -0.2) is 4.39 Å². The van der Waals surface area contributed by atoms with Gasteiger partial charge in [0.05, 0.1) is 6.10 Å². The maximum atomic E-state index is 13.4. The van der Waals surface area contributed by atoms with Gasteiger partial charge in [0.2, 0.25) is 0 Å². The highest BCUT2D eigenvalue weighted by molar-refractivity contribution is 5.56. The molecule has 2 nitrogen and oxygen atoms in total. The number of hydrogen-bond donors (Lipinski definition) is 1. The molecule has 0 radical (unpaired) electrons. The first-order valence-electron chi connectivity index (χ1n) is 7.14. The molecular weight excluding hydrogens is 241 g/mol. The molecule has 1 N–H and O–H groups in total. The molecule has 0 aliphatic carbocycles. The topological polar surface area (TPSA) is 23.5 Å². The second kappa shape index (κ2) is 5.49. The molecule has 1 heterocycles. The molecule has 1 aliphatic rings. The zero-order valence-electron chi connectivity index (χ0n) is 12.2. The summed E-state index contributed by atoms with van der Waals surface area (Å²) < 4.78 is 13.4. The number of nitrogens with zero attached hydrogens (tertiary/aromatic N) is 1. The van der Waals surface area contributed by atoms with Crippen LogP contribution in [-0.4, -0.2) is 17.7 Å². The Labute approximate surface area is 115 Å². The first kappa shape index (κ1) is 14.3. The summed E-state index contributed by atoms with van der Waals surface area (Å²) in [5.41, 5.74) is 1.66. The van der Waals surface area contributed by atoms with E-state index in [-0.39, 0.29) is 5.82 Å². The fourth-order valence-electron chi connectivity index (χ4n) is 3.15. The van der Waals surface area contributed by atoms with E-state index in [1.165, 1.54) is 18.6 Å². The van der Waals surface area contributed by atoms with E-state index in [0.717, 1.165) is 12.2 Å². The molecule has 1 fully saturated rings. The summed E-state index contributed by atoms with van der Waals surface area (Å²) in [5, 5.41) is 9.88. The van der Waals surface area contributed by atoms with E-state index in [1.54, 1.807) is 13.0 Å². The number of hydrogen-bond acceptors (Lipinski definition) is 2. The van der Waals surface area contributed by atoms with Crippen LogP contribution in [0.4, 0.5) is 10.1 Å². The van der Waals surface area contributed by atoms with E-state index >= 15 is 0 Å². The molecule has 0 bridgehead atoms. The van der Waals surface area contributed by atoms with Crippen LogP contribution in [0, 0.1) is 17.7 Å². The summed E-state index contributed by atoms with van der Waals surface area (Å²) in [7, 11) is 0. The van der Waals surface area contributed by atoms with Crippen LogP contribution >= 0.6 is 0 Å². The van der Waals surface area contributed by atoms with Crippen LogP contribution in [0.15, 0.2) is 18.2 Å². The predicted molar refractivity (Wildman–Crippen MR) is 76.8 cm³/mol. The highest BCUT2D eigenvalue weighted by Gasteiger charge is 2.30. The van der Waals surface area contributed by atoms with Crippen molar-refractivity contribution in [2.75, 3.05) is 11.4 Å². The van der Waals surface area contributed by atoms with Gasteiger partial charge < -0.3 is 10.0 Å². The Morgan fingerprint density at radius 3 is 2.63 bits per heavy atom. The number of halogens is 1. The van der Waals surface area contributed by atoms with Crippen molar-refractivity contribution in [1.29, 1.82) is 0 Å². The number of piperidine rings is 1. The average molecular weight is 265 g/mol. The minimum atomic E-state index is -0.648. The van der Waals surface area contributed by atoms with Gasteiger partial charge in [0, 0.05) is 23.8 Å². The standard InChI is InChI=1S/C16H24FNO/c1-10-7-11(2)12(3)18(9-10)16-6-5-14(17)8-15(16)13(4)19/h5-6,8,10-13,19H,7,9H2,1-4H3. The maximum absolute atomic E-state index is 13.4. The lowest BCUT2D eigenvalue weighted by Crippen LogP contribution is -2.46. The second-order valence-electron chi connectivity index (χ2n) is 6.09. The Bertz CT molecular complexity index is 446. The van der Waals surface area contributed by atoms with E-state index < -0.39 is 6.10 Å². The lowest BCUT2D eigenvalue weighted by Gasteiger charge is -2.43. The monoisotopic (exact) mass is 265 g/mol. The highest BCUT2D eigenvalue weighted by atomic mass is 19.1. The largest absolute Gasteiger partial charge is 0.389 e. The smallest absolute Gasteiger partial charge is 0.123 e. The van der Waals surface area contributed by atoms with Crippen molar-refractivity contribution in [2.24, 2.45) is 11.8 Å². The average Bonchev–Trinajstić information content (AvgIpc) is 2.34. The highest BCUT2D eigenvalue weighted by Crippen LogP contribution is 2.35.